The smallest absolute Gasteiger partial charge is 0.248 e. The molecule has 1 amide bonds. The van der Waals surface area contributed by atoms with Crippen molar-refractivity contribution in [2.45, 2.75) is 31.2 Å². The molecule has 0 radical (unpaired) electrons. The van der Waals surface area contributed by atoms with Crippen LogP contribution in [-0.2, 0) is 0 Å². The summed E-state index contributed by atoms with van der Waals surface area (Å²) in [7, 11) is 0. The van der Waals surface area contributed by atoms with Gasteiger partial charge in [0.05, 0.1) is 6.04 Å². The first kappa shape index (κ1) is 14.1. The molecular weight excluding hydrogens is 296 g/mol. The van der Waals surface area contributed by atoms with Gasteiger partial charge >= 0.3 is 0 Å². The quantitative estimate of drug-likeness (QED) is 0.876. The number of nitrogens with two attached hydrogens (primary N) is 1. The Morgan fingerprint density at radius 3 is 2.62 bits per heavy atom. The Kier molecular flexibility index (Phi) is 2.99. The van der Waals surface area contributed by atoms with E-state index in [1.807, 2.05) is 18.2 Å². The predicted octanol–water partition coefficient (Wildman–Crippen LogP) is 4.08. The van der Waals surface area contributed by atoms with Gasteiger partial charge in [-0.15, -0.1) is 0 Å². The minimum Gasteiger partial charge on any atom is -0.378 e. The Hall–Kier alpha value is -2.29. The van der Waals surface area contributed by atoms with E-state index in [4.69, 9.17) is 5.73 Å². The van der Waals surface area contributed by atoms with Crippen LogP contribution in [-0.4, -0.2) is 5.91 Å². The highest BCUT2D eigenvalue weighted by molar-refractivity contribution is 5.93. The van der Waals surface area contributed by atoms with Crippen molar-refractivity contribution in [3.8, 4) is 0 Å². The number of anilines is 1. The van der Waals surface area contributed by atoms with Crippen LogP contribution in [0, 0.1) is 17.8 Å². The third-order valence-electron chi connectivity index (χ3n) is 6.53. The van der Waals surface area contributed by atoms with Crippen LogP contribution in [0.25, 0.3) is 0 Å². The normalized spacial score (nSPS) is 32.8. The van der Waals surface area contributed by atoms with Crippen LogP contribution in [0.2, 0.25) is 0 Å². The Balaban J connectivity index is 1.64. The second kappa shape index (κ2) is 5.10. The molecule has 2 fully saturated rings. The topological polar surface area (TPSA) is 55.1 Å². The monoisotopic (exact) mass is 318 g/mol. The van der Waals surface area contributed by atoms with E-state index in [2.05, 4.69) is 35.6 Å². The Morgan fingerprint density at radius 2 is 1.83 bits per heavy atom. The highest BCUT2D eigenvalue weighted by Crippen LogP contribution is 2.63. The van der Waals surface area contributed by atoms with E-state index >= 15 is 0 Å². The lowest BCUT2D eigenvalue weighted by atomic mass is 9.68. The summed E-state index contributed by atoms with van der Waals surface area (Å²) < 4.78 is 0. The zero-order valence-electron chi connectivity index (χ0n) is 13.6. The number of amides is 1. The summed E-state index contributed by atoms with van der Waals surface area (Å²) in [6.45, 7) is 0. The summed E-state index contributed by atoms with van der Waals surface area (Å²) in [5.41, 5.74) is 10.0. The molecule has 0 aromatic heterocycles. The molecule has 3 nitrogen and oxygen atoms in total. The molecule has 0 spiro atoms. The Bertz CT molecular complexity index is 801. The maximum Gasteiger partial charge on any atom is 0.248 e. The third kappa shape index (κ3) is 1.94. The van der Waals surface area contributed by atoms with Gasteiger partial charge in [0, 0.05) is 11.3 Å². The van der Waals surface area contributed by atoms with E-state index in [-0.39, 0.29) is 5.91 Å². The minimum absolute atomic E-state index is 0.331. The molecule has 24 heavy (non-hydrogen) atoms. The second-order valence-corrected chi connectivity index (χ2v) is 7.64. The fourth-order valence-corrected chi connectivity index (χ4v) is 5.63. The fourth-order valence-electron chi connectivity index (χ4n) is 5.63. The van der Waals surface area contributed by atoms with Gasteiger partial charge in [0.2, 0.25) is 5.91 Å². The van der Waals surface area contributed by atoms with E-state index in [0.29, 0.717) is 23.4 Å². The summed E-state index contributed by atoms with van der Waals surface area (Å²) in [5, 5.41) is 3.78. The molecule has 2 aromatic rings. The van der Waals surface area contributed by atoms with Crippen LogP contribution in [0.15, 0.2) is 48.5 Å². The van der Waals surface area contributed by atoms with Gasteiger partial charge in [0.15, 0.2) is 0 Å². The van der Waals surface area contributed by atoms with Crippen LogP contribution >= 0.6 is 0 Å². The molecule has 2 saturated carbocycles. The zero-order chi connectivity index (χ0) is 16.3. The summed E-state index contributed by atoms with van der Waals surface area (Å²) in [5.74, 6) is 2.41. The van der Waals surface area contributed by atoms with Gasteiger partial charge in [-0.25, -0.2) is 0 Å². The number of carbonyl (C=O) groups excluding carboxylic acids is 1. The van der Waals surface area contributed by atoms with Crippen LogP contribution in [0.3, 0.4) is 0 Å². The molecule has 2 aliphatic carbocycles. The van der Waals surface area contributed by atoms with Crippen molar-refractivity contribution in [2.75, 3.05) is 5.32 Å². The number of primary amides is 1. The second-order valence-electron chi connectivity index (χ2n) is 7.64. The molecule has 2 bridgehead atoms. The number of fused-ring (bicyclic) bond motifs is 7. The lowest BCUT2D eigenvalue weighted by molar-refractivity contribution is 0.1000. The van der Waals surface area contributed by atoms with Crippen molar-refractivity contribution in [3.05, 3.63) is 65.2 Å². The van der Waals surface area contributed by atoms with Gasteiger partial charge in [-0.05, 0) is 72.3 Å². The van der Waals surface area contributed by atoms with Gasteiger partial charge < -0.3 is 11.1 Å². The number of benzene rings is 2. The fraction of sp³-hybridized carbons (Fsp3) is 0.381. The first-order chi connectivity index (χ1) is 11.7. The van der Waals surface area contributed by atoms with Crippen molar-refractivity contribution in [3.63, 3.8) is 0 Å². The van der Waals surface area contributed by atoms with E-state index in [9.17, 15) is 4.79 Å². The largest absolute Gasteiger partial charge is 0.378 e. The summed E-state index contributed by atoms with van der Waals surface area (Å²) in [6, 6.07) is 17.1. The highest BCUT2D eigenvalue weighted by atomic mass is 16.1. The maximum absolute atomic E-state index is 11.6. The highest BCUT2D eigenvalue weighted by Gasteiger charge is 2.53. The SMILES string of the molecule is NC(=O)c1ccc2c(c1)[C@@H]1[C@H]3CC[C@@H](C3)[C@@H]1[C@@H](c1ccccc1)N2. The number of hydrogen-bond donors (Lipinski definition) is 2. The number of carbonyl (C=O) groups is 1. The minimum atomic E-state index is -0.331. The molecule has 122 valence electrons. The number of nitrogens with one attached hydrogen (secondary N) is 1. The van der Waals surface area contributed by atoms with Crippen LogP contribution in [0.1, 0.15) is 52.7 Å². The molecule has 2 aromatic carbocycles. The van der Waals surface area contributed by atoms with Gasteiger partial charge in [0.25, 0.3) is 0 Å². The van der Waals surface area contributed by atoms with Crippen molar-refractivity contribution in [1.82, 2.24) is 0 Å². The third-order valence-corrected chi connectivity index (χ3v) is 6.53. The lowest BCUT2D eigenvalue weighted by Crippen LogP contribution is -2.35. The molecule has 5 atom stereocenters. The molecule has 0 saturated heterocycles. The van der Waals surface area contributed by atoms with Gasteiger partial charge in [-0.1, -0.05) is 30.3 Å². The summed E-state index contributed by atoms with van der Waals surface area (Å²) in [4.78, 5) is 11.6. The van der Waals surface area contributed by atoms with Crippen molar-refractivity contribution in [2.24, 2.45) is 23.5 Å². The molecule has 1 heterocycles. The van der Waals surface area contributed by atoms with Crippen LogP contribution < -0.4 is 11.1 Å². The number of hydrogen-bond acceptors (Lipinski definition) is 2. The maximum atomic E-state index is 11.6. The first-order valence-corrected chi connectivity index (χ1v) is 8.97. The summed E-state index contributed by atoms with van der Waals surface area (Å²) >= 11 is 0. The average molecular weight is 318 g/mol. The van der Waals surface area contributed by atoms with Crippen LogP contribution in [0.5, 0.6) is 0 Å². The van der Waals surface area contributed by atoms with Crippen molar-refractivity contribution >= 4 is 11.6 Å². The van der Waals surface area contributed by atoms with E-state index in [0.717, 1.165) is 11.8 Å². The molecule has 0 unspecified atom stereocenters. The van der Waals surface area contributed by atoms with Crippen molar-refractivity contribution in [1.29, 1.82) is 0 Å². The predicted molar refractivity (Wildman–Crippen MR) is 94.8 cm³/mol. The van der Waals surface area contributed by atoms with E-state index in [1.165, 1.54) is 36.1 Å². The van der Waals surface area contributed by atoms with Gasteiger partial charge in [-0.3, -0.25) is 4.79 Å². The standard InChI is InChI=1S/C21H22N2O/c22-21(24)15-8-9-17-16(11-15)18-13-6-7-14(10-13)19(18)20(23-17)12-4-2-1-3-5-12/h1-5,8-9,11,13-14,18-20,23H,6-7,10H2,(H2,22,24)/t13-,14-,18-,19-,20+/m0/s1. The molecule has 3 aliphatic rings. The molecular formula is C21H22N2O. The molecule has 3 heteroatoms. The summed E-state index contributed by atoms with van der Waals surface area (Å²) in [6.07, 6.45) is 4.01. The van der Waals surface area contributed by atoms with Gasteiger partial charge in [-0.2, -0.15) is 0 Å². The van der Waals surface area contributed by atoms with E-state index in [1.54, 1.807) is 0 Å². The van der Waals surface area contributed by atoms with E-state index < -0.39 is 0 Å². The Labute approximate surface area is 142 Å². The lowest BCUT2D eigenvalue weighted by Gasteiger charge is -2.43. The average Bonchev–Trinajstić information content (AvgIpc) is 3.23. The molecule has 3 N–H and O–H groups in total. The zero-order valence-corrected chi connectivity index (χ0v) is 13.6. The Morgan fingerprint density at radius 1 is 1.04 bits per heavy atom. The molecule has 1 aliphatic heterocycles. The molecule has 5 rings (SSSR count). The van der Waals surface area contributed by atoms with Crippen molar-refractivity contribution < 1.29 is 4.79 Å². The van der Waals surface area contributed by atoms with Crippen LogP contribution in [0.4, 0.5) is 5.69 Å². The number of rotatable bonds is 2. The van der Waals surface area contributed by atoms with Gasteiger partial charge in [0.1, 0.15) is 0 Å². The first-order valence-electron chi connectivity index (χ1n) is 8.97.